The summed E-state index contributed by atoms with van der Waals surface area (Å²) in [4.78, 5) is 0.683. The third-order valence-corrected chi connectivity index (χ3v) is 3.05. The summed E-state index contributed by atoms with van der Waals surface area (Å²) in [5, 5.41) is 8.88. The van der Waals surface area contributed by atoms with Gasteiger partial charge in [0, 0.05) is 22.1 Å². The lowest BCUT2D eigenvalue weighted by Gasteiger charge is -1.98. The first-order chi connectivity index (χ1) is 6.24. The minimum atomic E-state index is -1.10. The van der Waals surface area contributed by atoms with Crippen LogP contribution in [0.2, 0.25) is 5.02 Å². The fraction of sp³-hybridized carbons (Fsp3) is 0.222. The highest BCUT2D eigenvalue weighted by molar-refractivity contribution is 7.85. The number of halogens is 1. The van der Waals surface area contributed by atoms with Crippen molar-refractivity contribution in [2.45, 2.75) is 11.3 Å². The second-order valence-corrected chi connectivity index (χ2v) is 4.42. The van der Waals surface area contributed by atoms with E-state index in [1.54, 1.807) is 24.3 Å². The molecule has 4 heteroatoms. The molecule has 0 N–H and O–H groups in total. The van der Waals surface area contributed by atoms with Gasteiger partial charge >= 0.3 is 0 Å². The maximum absolute atomic E-state index is 11.5. The Labute approximate surface area is 84.6 Å². The van der Waals surface area contributed by atoms with Crippen molar-refractivity contribution in [1.82, 2.24) is 0 Å². The summed E-state index contributed by atoms with van der Waals surface area (Å²) in [5.74, 6) is 0.372. The standard InChI is InChI=1S/C9H8ClNOS/c10-8-3-1-4-9(7-8)13(12)6-2-5-11/h1,3-4,7H,2,6H2. The fourth-order valence-electron chi connectivity index (χ4n) is 0.865. The fourth-order valence-corrected chi connectivity index (χ4v) is 2.12. The Morgan fingerprint density at radius 2 is 2.31 bits per heavy atom. The highest BCUT2D eigenvalue weighted by Crippen LogP contribution is 2.14. The van der Waals surface area contributed by atoms with E-state index in [1.165, 1.54) is 0 Å². The van der Waals surface area contributed by atoms with Crippen LogP contribution < -0.4 is 0 Å². The van der Waals surface area contributed by atoms with Gasteiger partial charge in [-0.3, -0.25) is 4.21 Å². The molecular formula is C9H8ClNOS. The lowest BCUT2D eigenvalue weighted by Crippen LogP contribution is -1.96. The van der Waals surface area contributed by atoms with Crippen LogP contribution in [0.1, 0.15) is 6.42 Å². The molecule has 1 rings (SSSR count). The third kappa shape index (κ3) is 3.17. The Bertz CT molecular complexity index is 359. The van der Waals surface area contributed by atoms with Crippen molar-refractivity contribution in [2.24, 2.45) is 0 Å². The van der Waals surface area contributed by atoms with Crippen molar-refractivity contribution in [3.05, 3.63) is 29.3 Å². The maximum atomic E-state index is 11.5. The normalized spacial score (nSPS) is 12.0. The van der Waals surface area contributed by atoms with Crippen molar-refractivity contribution in [1.29, 1.82) is 5.26 Å². The summed E-state index contributed by atoms with van der Waals surface area (Å²) < 4.78 is 11.5. The molecule has 68 valence electrons. The Hall–Kier alpha value is -0.850. The van der Waals surface area contributed by atoms with Crippen LogP contribution >= 0.6 is 11.6 Å². The quantitative estimate of drug-likeness (QED) is 0.774. The van der Waals surface area contributed by atoms with E-state index in [9.17, 15) is 4.21 Å². The van der Waals surface area contributed by atoms with Gasteiger partial charge in [0.15, 0.2) is 0 Å². The van der Waals surface area contributed by atoms with Gasteiger partial charge in [-0.2, -0.15) is 5.26 Å². The van der Waals surface area contributed by atoms with Crippen LogP contribution in [0.3, 0.4) is 0 Å². The molecule has 0 amide bonds. The second kappa shape index (κ2) is 5.00. The van der Waals surface area contributed by atoms with Crippen LogP contribution in [-0.4, -0.2) is 9.96 Å². The predicted molar refractivity (Wildman–Crippen MR) is 53.0 cm³/mol. The van der Waals surface area contributed by atoms with E-state index in [1.807, 2.05) is 6.07 Å². The largest absolute Gasteiger partial charge is 0.254 e. The molecule has 1 atom stereocenters. The maximum Gasteiger partial charge on any atom is 0.0631 e. The van der Waals surface area contributed by atoms with Crippen LogP contribution in [0, 0.1) is 11.3 Å². The number of rotatable bonds is 3. The first-order valence-electron chi connectivity index (χ1n) is 3.75. The van der Waals surface area contributed by atoms with Gasteiger partial charge in [-0.05, 0) is 18.2 Å². The zero-order chi connectivity index (χ0) is 9.68. The molecule has 0 fully saturated rings. The number of hydrogen-bond donors (Lipinski definition) is 0. The summed E-state index contributed by atoms with van der Waals surface area (Å²) >= 11 is 5.72. The molecule has 2 nitrogen and oxygen atoms in total. The summed E-state index contributed by atoms with van der Waals surface area (Å²) in [6.07, 6.45) is 0.305. The zero-order valence-corrected chi connectivity index (χ0v) is 8.44. The summed E-state index contributed by atoms with van der Waals surface area (Å²) in [5.41, 5.74) is 0. The van der Waals surface area contributed by atoms with Crippen LogP contribution in [-0.2, 0) is 10.8 Å². The second-order valence-electron chi connectivity index (χ2n) is 2.42. The molecule has 0 radical (unpaired) electrons. The topological polar surface area (TPSA) is 40.9 Å². The van der Waals surface area contributed by atoms with Gasteiger partial charge in [0.2, 0.25) is 0 Å². The third-order valence-electron chi connectivity index (χ3n) is 1.46. The van der Waals surface area contributed by atoms with E-state index in [0.29, 0.717) is 22.1 Å². The van der Waals surface area contributed by atoms with E-state index < -0.39 is 10.8 Å². The molecule has 0 aliphatic carbocycles. The molecule has 0 saturated heterocycles. The summed E-state index contributed by atoms with van der Waals surface area (Å²) in [6.45, 7) is 0. The molecule has 1 aromatic rings. The highest BCUT2D eigenvalue weighted by Gasteiger charge is 2.02. The van der Waals surface area contributed by atoms with E-state index in [0.717, 1.165) is 0 Å². The Morgan fingerprint density at radius 3 is 2.92 bits per heavy atom. The van der Waals surface area contributed by atoms with Gasteiger partial charge in [0.25, 0.3) is 0 Å². The summed E-state index contributed by atoms with van der Waals surface area (Å²) in [7, 11) is -1.10. The van der Waals surface area contributed by atoms with Crippen molar-refractivity contribution in [3.8, 4) is 6.07 Å². The van der Waals surface area contributed by atoms with Gasteiger partial charge in [-0.25, -0.2) is 0 Å². The molecule has 1 aromatic carbocycles. The van der Waals surface area contributed by atoms with Crippen molar-refractivity contribution >= 4 is 22.4 Å². The average Bonchev–Trinajstić information content (AvgIpc) is 2.14. The molecule has 0 aromatic heterocycles. The van der Waals surface area contributed by atoms with Gasteiger partial charge in [0.05, 0.1) is 16.9 Å². The molecular weight excluding hydrogens is 206 g/mol. The van der Waals surface area contributed by atoms with Gasteiger partial charge < -0.3 is 0 Å². The molecule has 0 saturated carbocycles. The number of nitriles is 1. The van der Waals surface area contributed by atoms with Crippen LogP contribution in [0.25, 0.3) is 0 Å². The van der Waals surface area contributed by atoms with Gasteiger partial charge in [-0.1, -0.05) is 17.7 Å². The highest BCUT2D eigenvalue weighted by atomic mass is 35.5. The average molecular weight is 214 g/mol. The van der Waals surface area contributed by atoms with Crippen LogP contribution in [0.5, 0.6) is 0 Å². The monoisotopic (exact) mass is 213 g/mol. The minimum absolute atomic E-state index is 0.305. The molecule has 0 aliphatic heterocycles. The Kier molecular flexibility index (Phi) is 3.94. The smallest absolute Gasteiger partial charge is 0.0631 e. The van der Waals surface area contributed by atoms with E-state index >= 15 is 0 Å². The van der Waals surface area contributed by atoms with E-state index in [4.69, 9.17) is 16.9 Å². The van der Waals surface area contributed by atoms with Gasteiger partial charge in [0.1, 0.15) is 0 Å². The Balaban J connectivity index is 2.72. The number of benzene rings is 1. The first kappa shape index (κ1) is 10.2. The predicted octanol–water partition coefficient (Wildman–Crippen LogP) is 2.36. The van der Waals surface area contributed by atoms with Crippen molar-refractivity contribution in [3.63, 3.8) is 0 Å². The van der Waals surface area contributed by atoms with Crippen LogP contribution in [0.15, 0.2) is 29.2 Å². The van der Waals surface area contributed by atoms with Gasteiger partial charge in [-0.15, -0.1) is 0 Å². The lowest BCUT2D eigenvalue weighted by atomic mass is 10.4. The number of nitrogens with zero attached hydrogens (tertiary/aromatic N) is 1. The minimum Gasteiger partial charge on any atom is -0.254 e. The van der Waals surface area contributed by atoms with Crippen LogP contribution in [0.4, 0.5) is 0 Å². The van der Waals surface area contributed by atoms with Crippen molar-refractivity contribution < 1.29 is 4.21 Å². The lowest BCUT2D eigenvalue weighted by molar-refractivity contribution is 0.683. The molecule has 0 heterocycles. The first-order valence-corrected chi connectivity index (χ1v) is 5.44. The van der Waals surface area contributed by atoms with E-state index in [2.05, 4.69) is 0 Å². The molecule has 13 heavy (non-hydrogen) atoms. The molecule has 0 spiro atoms. The molecule has 0 bridgehead atoms. The molecule has 1 unspecified atom stereocenters. The zero-order valence-electron chi connectivity index (χ0n) is 6.87. The number of hydrogen-bond acceptors (Lipinski definition) is 2. The summed E-state index contributed by atoms with van der Waals surface area (Å²) in [6, 6.07) is 8.85. The molecule has 0 aliphatic rings. The Morgan fingerprint density at radius 1 is 1.54 bits per heavy atom. The van der Waals surface area contributed by atoms with Crippen molar-refractivity contribution in [2.75, 3.05) is 5.75 Å². The van der Waals surface area contributed by atoms with E-state index in [-0.39, 0.29) is 0 Å². The SMILES string of the molecule is N#CCCS(=O)c1cccc(Cl)c1.